The van der Waals surface area contributed by atoms with Gasteiger partial charge in [-0.25, -0.2) is 18.0 Å². The van der Waals surface area contributed by atoms with Gasteiger partial charge in [-0.15, -0.1) is 0 Å². The lowest BCUT2D eigenvalue weighted by molar-refractivity contribution is 0.0608. The topological polar surface area (TPSA) is 178 Å². The molecule has 4 atom stereocenters. The number of ether oxygens (including phenoxy) is 2. The molecule has 0 radical (unpaired) electrons. The Labute approximate surface area is 243 Å². The van der Waals surface area contributed by atoms with Crippen molar-refractivity contribution in [3.05, 3.63) is 54.1 Å². The standard InChI is InChI=1S/C28H35N5O8S/c1-17(2)14-32(42(37,38)19-8-9-20-25(13-19)40-26(29)30-20)15-23(34)21(12-18-6-4-3-5-7-18)31-27(35)41-24-10-11-33-22(24)16-39-28(33)36/h3-9,13,17,21-24,34H,10-12,14-16H2,1-2H3,(H2,29,30)(H,31,35)/t21-,22?,23+,24?/m0/s1. The van der Waals surface area contributed by atoms with Crippen molar-refractivity contribution in [3.63, 3.8) is 0 Å². The van der Waals surface area contributed by atoms with Crippen molar-refractivity contribution in [1.29, 1.82) is 0 Å². The van der Waals surface area contributed by atoms with Crippen molar-refractivity contribution >= 4 is 39.3 Å². The number of carbonyl (C=O) groups is 2. The predicted octanol–water partition coefficient (Wildman–Crippen LogP) is 2.35. The van der Waals surface area contributed by atoms with Gasteiger partial charge < -0.3 is 30.0 Å². The van der Waals surface area contributed by atoms with E-state index in [-0.39, 0.29) is 54.6 Å². The molecule has 2 aliphatic heterocycles. The first-order valence-corrected chi connectivity index (χ1v) is 15.2. The number of oxazole rings is 1. The van der Waals surface area contributed by atoms with Crippen LogP contribution in [0.15, 0.2) is 57.8 Å². The van der Waals surface area contributed by atoms with Gasteiger partial charge in [0.2, 0.25) is 10.0 Å². The second kappa shape index (κ2) is 12.2. The molecule has 0 spiro atoms. The number of nitrogens with zero attached hydrogens (tertiary/aromatic N) is 3. The zero-order valence-electron chi connectivity index (χ0n) is 23.4. The minimum atomic E-state index is -4.09. The third-order valence-electron chi connectivity index (χ3n) is 7.39. The minimum absolute atomic E-state index is 0.0369. The minimum Gasteiger partial charge on any atom is -0.447 e. The molecule has 2 unspecified atom stereocenters. The number of nitrogens with one attached hydrogen (secondary N) is 1. The molecule has 14 heteroatoms. The number of aromatic nitrogens is 1. The van der Waals surface area contributed by atoms with Crippen LogP contribution in [0.5, 0.6) is 0 Å². The normalized spacial score (nSPS) is 20.1. The van der Waals surface area contributed by atoms with Crippen LogP contribution in [0, 0.1) is 5.92 Å². The Morgan fingerprint density at radius 3 is 2.74 bits per heavy atom. The number of carbonyl (C=O) groups excluding carboxylic acids is 2. The van der Waals surface area contributed by atoms with Crippen molar-refractivity contribution in [1.82, 2.24) is 19.5 Å². The van der Waals surface area contributed by atoms with E-state index in [0.29, 0.717) is 18.5 Å². The summed E-state index contributed by atoms with van der Waals surface area (Å²) < 4.78 is 44.8. The molecule has 0 aliphatic carbocycles. The lowest BCUT2D eigenvalue weighted by Crippen LogP contribution is -2.52. The van der Waals surface area contributed by atoms with Crippen LogP contribution >= 0.6 is 0 Å². The van der Waals surface area contributed by atoms with Crippen molar-refractivity contribution < 1.29 is 37.0 Å². The van der Waals surface area contributed by atoms with Crippen molar-refractivity contribution in [3.8, 4) is 0 Å². The number of rotatable bonds is 11. The number of aliphatic hydroxyl groups is 1. The molecular formula is C28H35N5O8S. The molecule has 1 aromatic heterocycles. The number of sulfonamides is 1. The van der Waals surface area contributed by atoms with E-state index in [1.807, 2.05) is 44.2 Å². The van der Waals surface area contributed by atoms with E-state index < -0.39 is 40.5 Å². The summed E-state index contributed by atoms with van der Waals surface area (Å²) in [5, 5.41) is 14.2. The summed E-state index contributed by atoms with van der Waals surface area (Å²) in [6, 6.07) is 12.2. The van der Waals surface area contributed by atoms with Gasteiger partial charge in [0.25, 0.3) is 6.01 Å². The zero-order valence-corrected chi connectivity index (χ0v) is 24.2. The number of benzene rings is 2. The van der Waals surface area contributed by atoms with Gasteiger partial charge in [-0.1, -0.05) is 44.2 Å². The first kappa shape index (κ1) is 29.6. The number of aliphatic hydroxyl groups excluding tert-OH is 1. The maximum atomic E-state index is 13.8. The molecule has 42 heavy (non-hydrogen) atoms. The van der Waals surface area contributed by atoms with Crippen molar-refractivity contribution in [2.75, 3.05) is 32.0 Å². The van der Waals surface area contributed by atoms with Gasteiger partial charge in [0.1, 0.15) is 24.3 Å². The quantitative estimate of drug-likeness (QED) is 0.296. The largest absolute Gasteiger partial charge is 0.447 e. The number of nitrogens with two attached hydrogens (primary N) is 1. The molecule has 4 N–H and O–H groups in total. The Bertz CT molecular complexity index is 1530. The number of fused-ring (bicyclic) bond motifs is 2. The number of hydrogen-bond donors (Lipinski definition) is 3. The molecule has 5 rings (SSSR count). The number of cyclic esters (lactones) is 1. The van der Waals surface area contributed by atoms with Crippen LogP contribution in [0.25, 0.3) is 11.1 Å². The van der Waals surface area contributed by atoms with Crippen LogP contribution in [0.3, 0.4) is 0 Å². The Balaban J connectivity index is 1.35. The van der Waals surface area contributed by atoms with Crippen LogP contribution in [-0.4, -0.2) is 90.4 Å². The summed E-state index contributed by atoms with van der Waals surface area (Å²) >= 11 is 0. The smallest absolute Gasteiger partial charge is 0.410 e. The first-order valence-electron chi connectivity index (χ1n) is 13.8. The number of nitrogen functional groups attached to an aromatic ring is 1. The fraction of sp³-hybridized carbons (Fsp3) is 0.464. The van der Waals surface area contributed by atoms with Crippen molar-refractivity contribution in [2.24, 2.45) is 5.92 Å². The SMILES string of the molecule is CC(C)CN(C[C@@H](O)[C@H](Cc1ccccc1)NC(=O)OC1CCN2C(=O)OCC12)S(=O)(=O)c1ccc2nc(N)oc2c1. The molecule has 226 valence electrons. The molecule has 2 fully saturated rings. The van der Waals surface area contributed by atoms with E-state index in [2.05, 4.69) is 10.3 Å². The van der Waals surface area contributed by atoms with E-state index in [1.165, 1.54) is 27.4 Å². The average Bonchev–Trinajstić information content (AvgIpc) is 3.63. The Morgan fingerprint density at radius 1 is 1.24 bits per heavy atom. The molecule has 0 saturated carbocycles. The van der Waals surface area contributed by atoms with Crippen LogP contribution < -0.4 is 11.1 Å². The van der Waals surface area contributed by atoms with E-state index >= 15 is 0 Å². The summed E-state index contributed by atoms with van der Waals surface area (Å²) in [6.07, 6.45) is -2.36. The number of hydrogen-bond acceptors (Lipinski definition) is 10. The highest BCUT2D eigenvalue weighted by Crippen LogP contribution is 2.27. The molecule has 3 aromatic rings. The highest BCUT2D eigenvalue weighted by molar-refractivity contribution is 7.89. The number of amides is 2. The fourth-order valence-electron chi connectivity index (χ4n) is 5.35. The fourth-order valence-corrected chi connectivity index (χ4v) is 6.98. The highest BCUT2D eigenvalue weighted by atomic mass is 32.2. The third-order valence-corrected chi connectivity index (χ3v) is 9.22. The number of anilines is 1. The lowest BCUT2D eigenvalue weighted by Gasteiger charge is -2.31. The second-order valence-electron chi connectivity index (χ2n) is 11.0. The summed E-state index contributed by atoms with van der Waals surface area (Å²) in [5.74, 6) is -0.0659. The van der Waals surface area contributed by atoms with E-state index in [0.717, 1.165) is 5.56 Å². The van der Waals surface area contributed by atoms with Gasteiger partial charge in [0, 0.05) is 32.1 Å². The van der Waals surface area contributed by atoms with Gasteiger partial charge >= 0.3 is 12.2 Å². The Kier molecular flexibility index (Phi) is 8.57. The zero-order chi connectivity index (χ0) is 30.0. The lowest BCUT2D eigenvalue weighted by atomic mass is 10.0. The molecule has 2 amide bonds. The molecule has 2 aliphatic rings. The van der Waals surface area contributed by atoms with E-state index in [4.69, 9.17) is 19.6 Å². The summed E-state index contributed by atoms with van der Waals surface area (Å²) in [6.45, 7) is 4.12. The van der Waals surface area contributed by atoms with Gasteiger partial charge in [0.05, 0.1) is 17.0 Å². The maximum absolute atomic E-state index is 13.8. The van der Waals surface area contributed by atoms with Gasteiger partial charge in [0.15, 0.2) is 5.58 Å². The monoisotopic (exact) mass is 601 g/mol. The Morgan fingerprint density at radius 2 is 2.00 bits per heavy atom. The third kappa shape index (κ3) is 6.45. The van der Waals surface area contributed by atoms with Crippen LogP contribution in [-0.2, 0) is 25.9 Å². The van der Waals surface area contributed by atoms with Gasteiger partial charge in [-0.3, -0.25) is 4.90 Å². The molecular weight excluding hydrogens is 566 g/mol. The summed E-state index contributed by atoms with van der Waals surface area (Å²) in [5.41, 5.74) is 7.10. The molecule has 3 heterocycles. The van der Waals surface area contributed by atoms with E-state index in [9.17, 15) is 23.1 Å². The van der Waals surface area contributed by atoms with Crippen LogP contribution in [0.1, 0.15) is 25.8 Å². The molecule has 0 bridgehead atoms. The predicted molar refractivity (Wildman–Crippen MR) is 152 cm³/mol. The number of alkyl carbamates (subject to hydrolysis) is 1. The molecule has 13 nitrogen and oxygen atoms in total. The Hall–Kier alpha value is -3.88. The second-order valence-corrected chi connectivity index (χ2v) is 12.9. The highest BCUT2D eigenvalue weighted by Gasteiger charge is 2.45. The molecule has 2 aromatic carbocycles. The van der Waals surface area contributed by atoms with Gasteiger partial charge in [-0.2, -0.15) is 9.29 Å². The van der Waals surface area contributed by atoms with E-state index in [1.54, 1.807) is 0 Å². The summed E-state index contributed by atoms with van der Waals surface area (Å²) in [7, 11) is -4.09. The first-order chi connectivity index (χ1) is 20.0. The summed E-state index contributed by atoms with van der Waals surface area (Å²) in [4.78, 5) is 30.4. The van der Waals surface area contributed by atoms with Crippen LogP contribution in [0.4, 0.5) is 15.6 Å². The van der Waals surface area contributed by atoms with Gasteiger partial charge in [-0.05, 0) is 30.0 Å². The maximum Gasteiger partial charge on any atom is 0.410 e. The molecule has 2 saturated heterocycles. The average molecular weight is 602 g/mol. The van der Waals surface area contributed by atoms with Crippen molar-refractivity contribution in [2.45, 2.75) is 55.9 Å². The van der Waals surface area contributed by atoms with Crippen LogP contribution in [0.2, 0.25) is 0 Å².